The van der Waals surface area contributed by atoms with Crippen molar-refractivity contribution in [2.24, 2.45) is 0 Å². The Morgan fingerprint density at radius 2 is 1.91 bits per heavy atom. The Kier molecular flexibility index (Phi) is 6.64. The fourth-order valence-electron chi connectivity index (χ4n) is 2.19. The molecule has 4 N–H and O–H groups in total. The molecular weight excluding hydrogens is 286 g/mol. The highest BCUT2D eigenvalue weighted by atomic mass is 16.5. The Morgan fingerprint density at radius 1 is 1.26 bits per heavy atom. The monoisotopic (exact) mass is 313 g/mol. The van der Waals surface area contributed by atoms with Crippen molar-refractivity contribution in [3.05, 3.63) is 53.8 Å². The van der Waals surface area contributed by atoms with Gasteiger partial charge in [0.15, 0.2) is 0 Å². The quantitative estimate of drug-likeness (QED) is 0.376. The summed E-state index contributed by atoms with van der Waals surface area (Å²) in [6.07, 6.45) is 1.72. The molecule has 0 saturated carbocycles. The van der Waals surface area contributed by atoms with E-state index in [2.05, 4.69) is 25.4 Å². The van der Waals surface area contributed by atoms with Crippen molar-refractivity contribution in [1.82, 2.24) is 5.32 Å². The smallest absolute Gasteiger partial charge is 0.128 e. The van der Waals surface area contributed by atoms with E-state index in [1.54, 1.807) is 13.2 Å². The molecule has 0 aromatic heterocycles. The van der Waals surface area contributed by atoms with Gasteiger partial charge in [-0.1, -0.05) is 26.5 Å². The number of hydrogen-bond donors (Lipinski definition) is 3. The summed E-state index contributed by atoms with van der Waals surface area (Å²) in [6.45, 7) is 14.1. The van der Waals surface area contributed by atoms with Gasteiger partial charge in [0, 0.05) is 28.4 Å². The zero-order valence-corrected chi connectivity index (χ0v) is 14.5. The molecule has 0 radical (unpaired) electrons. The van der Waals surface area contributed by atoms with E-state index < -0.39 is 0 Å². The molecule has 0 unspecified atom stereocenters. The van der Waals surface area contributed by atoms with Crippen LogP contribution in [-0.4, -0.2) is 12.8 Å². The minimum absolute atomic E-state index is 0.639. The second kappa shape index (κ2) is 8.22. The Balaban J connectivity index is 2.97. The first-order valence-corrected chi connectivity index (χ1v) is 7.66. The molecule has 0 amide bonds. The average molecular weight is 313 g/mol. The van der Waals surface area contributed by atoms with E-state index in [0.29, 0.717) is 22.8 Å². The number of benzene rings is 1. The molecule has 23 heavy (non-hydrogen) atoms. The highest BCUT2D eigenvalue weighted by molar-refractivity contribution is 5.98. The number of allylic oxidation sites excluding steroid dienone is 2. The molecule has 0 bridgehead atoms. The van der Waals surface area contributed by atoms with Gasteiger partial charge in [0.2, 0.25) is 0 Å². The second-order valence-corrected chi connectivity index (χ2v) is 5.52. The standard InChI is InChI=1S/C19H27N3O/c1-7-8-18(21)13(3)12(2)14(4)22-15(5)17-11-16(20)9-10-19(17)23-6/h9-11,21-22H,4-5,7-8,20H2,1-3,6H3/b13-12+,21-18?. The first-order chi connectivity index (χ1) is 10.8. The van der Waals surface area contributed by atoms with Crippen molar-refractivity contribution in [2.75, 3.05) is 12.8 Å². The summed E-state index contributed by atoms with van der Waals surface area (Å²) in [5, 5.41) is 11.3. The molecule has 0 aliphatic heterocycles. The molecular formula is C19H27N3O. The molecule has 0 aliphatic carbocycles. The number of hydrogen-bond acceptors (Lipinski definition) is 4. The van der Waals surface area contributed by atoms with Crippen molar-refractivity contribution in [2.45, 2.75) is 33.6 Å². The van der Waals surface area contributed by atoms with Crippen LogP contribution < -0.4 is 15.8 Å². The van der Waals surface area contributed by atoms with Gasteiger partial charge in [0.05, 0.1) is 7.11 Å². The van der Waals surface area contributed by atoms with E-state index in [0.717, 1.165) is 35.2 Å². The van der Waals surface area contributed by atoms with E-state index in [-0.39, 0.29) is 0 Å². The van der Waals surface area contributed by atoms with Crippen LogP contribution in [0.5, 0.6) is 5.75 Å². The molecule has 0 aliphatic rings. The lowest BCUT2D eigenvalue weighted by molar-refractivity contribution is 0.413. The van der Waals surface area contributed by atoms with E-state index in [1.807, 2.05) is 26.0 Å². The zero-order chi connectivity index (χ0) is 17.6. The SMILES string of the molecule is C=C(NC(=C)c1cc(N)ccc1OC)/C(C)=C(\C)C(=N)CCC. The van der Waals surface area contributed by atoms with Crippen LogP contribution >= 0.6 is 0 Å². The predicted octanol–water partition coefficient (Wildman–Crippen LogP) is 4.51. The Hall–Kier alpha value is -2.49. The van der Waals surface area contributed by atoms with Gasteiger partial charge in [-0.15, -0.1) is 0 Å². The third-order valence-electron chi connectivity index (χ3n) is 3.82. The number of nitrogens with two attached hydrogens (primary N) is 1. The van der Waals surface area contributed by atoms with Crippen molar-refractivity contribution >= 4 is 17.1 Å². The number of methoxy groups -OCH3 is 1. The topological polar surface area (TPSA) is 71.1 Å². The van der Waals surface area contributed by atoms with Crippen LogP contribution in [0.15, 0.2) is 48.2 Å². The molecule has 124 valence electrons. The highest BCUT2D eigenvalue weighted by Crippen LogP contribution is 2.27. The maximum Gasteiger partial charge on any atom is 0.128 e. The van der Waals surface area contributed by atoms with Crippen molar-refractivity contribution in [3.8, 4) is 5.75 Å². The Labute approximate surface area is 139 Å². The molecule has 0 saturated heterocycles. The third-order valence-corrected chi connectivity index (χ3v) is 3.82. The number of anilines is 1. The van der Waals surface area contributed by atoms with Gasteiger partial charge in [-0.05, 0) is 49.6 Å². The van der Waals surface area contributed by atoms with Crippen LogP contribution in [0, 0.1) is 5.41 Å². The molecule has 4 nitrogen and oxygen atoms in total. The van der Waals surface area contributed by atoms with Crippen molar-refractivity contribution in [1.29, 1.82) is 5.41 Å². The summed E-state index contributed by atoms with van der Waals surface area (Å²) in [5.41, 5.74) is 11.2. The van der Waals surface area contributed by atoms with Crippen LogP contribution in [0.1, 0.15) is 39.2 Å². The van der Waals surface area contributed by atoms with Gasteiger partial charge in [0.25, 0.3) is 0 Å². The van der Waals surface area contributed by atoms with Gasteiger partial charge in [-0.25, -0.2) is 0 Å². The van der Waals surface area contributed by atoms with Crippen molar-refractivity contribution < 1.29 is 4.74 Å². The maximum atomic E-state index is 8.07. The number of rotatable bonds is 8. The largest absolute Gasteiger partial charge is 0.496 e. The summed E-state index contributed by atoms with van der Waals surface area (Å²) in [7, 11) is 1.61. The van der Waals surface area contributed by atoms with E-state index in [1.165, 1.54) is 0 Å². The lowest BCUT2D eigenvalue weighted by Crippen LogP contribution is -2.14. The fraction of sp³-hybridized carbons (Fsp3) is 0.316. The Morgan fingerprint density at radius 3 is 2.48 bits per heavy atom. The molecule has 4 heteroatoms. The van der Waals surface area contributed by atoms with Gasteiger partial charge in [0.1, 0.15) is 5.75 Å². The van der Waals surface area contributed by atoms with E-state index in [9.17, 15) is 0 Å². The van der Waals surface area contributed by atoms with Crippen LogP contribution in [0.3, 0.4) is 0 Å². The summed E-state index contributed by atoms with van der Waals surface area (Å²) >= 11 is 0. The average Bonchev–Trinajstić information content (AvgIpc) is 2.53. The molecule has 0 fully saturated rings. The van der Waals surface area contributed by atoms with Crippen LogP contribution in [0.25, 0.3) is 5.70 Å². The van der Waals surface area contributed by atoms with Gasteiger partial charge < -0.3 is 21.2 Å². The molecule has 0 spiro atoms. The maximum absolute atomic E-state index is 8.07. The Bertz CT molecular complexity index is 657. The highest BCUT2D eigenvalue weighted by Gasteiger charge is 2.11. The third kappa shape index (κ3) is 4.74. The zero-order valence-electron chi connectivity index (χ0n) is 14.5. The normalized spacial score (nSPS) is 11.5. The van der Waals surface area contributed by atoms with E-state index >= 15 is 0 Å². The number of nitrogens with one attached hydrogen (secondary N) is 2. The number of ether oxygens (including phenoxy) is 1. The molecule has 1 aromatic rings. The first-order valence-electron chi connectivity index (χ1n) is 7.66. The summed E-state index contributed by atoms with van der Waals surface area (Å²) in [4.78, 5) is 0. The van der Waals surface area contributed by atoms with E-state index in [4.69, 9.17) is 15.9 Å². The van der Waals surface area contributed by atoms with Gasteiger partial charge in [-0.3, -0.25) is 0 Å². The van der Waals surface area contributed by atoms with Crippen LogP contribution in [-0.2, 0) is 0 Å². The summed E-state index contributed by atoms with van der Waals surface area (Å²) < 4.78 is 5.35. The fourth-order valence-corrected chi connectivity index (χ4v) is 2.19. The minimum Gasteiger partial charge on any atom is -0.496 e. The lowest BCUT2D eigenvalue weighted by atomic mass is 10.0. The molecule has 1 aromatic carbocycles. The molecule has 0 heterocycles. The predicted molar refractivity (Wildman–Crippen MR) is 99.7 cm³/mol. The van der Waals surface area contributed by atoms with Crippen LogP contribution in [0.4, 0.5) is 5.69 Å². The first kappa shape index (κ1) is 18.6. The van der Waals surface area contributed by atoms with Crippen molar-refractivity contribution in [3.63, 3.8) is 0 Å². The van der Waals surface area contributed by atoms with Gasteiger partial charge >= 0.3 is 0 Å². The van der Waals surface area contributed by atoms with Crippen LogP contribution in [0.2, 0.25) is 0 Å². The summed E-state index contributed by atoms with van der Waals surface area (Å²) in [6, 6.07) is 5.41. The summed E-state index contributed by atoms with van der Waals surface area (Å²) in [5.74, 6) is 0.696. The molecule has 0 atom stereocenters. The minimum atomic E-state index is 0.639. The second-order valence-electron chi connectivity index (χ2n) is 5.52. The van der Waals surface area contributed by atoms with Gasteiger partial charge in [-0.2, -0.15) is 0 Å². The molecule has 1 rings (SSSR count). The lowest BCUT2D eigenvalue weighted by Gasteiger charge is -2.17. The number of nitrogen functional groups attached to an aromatic ring is 1.